The van der Waals surface area contributed by atoms with Crippen molar-refractivity contribution in [2.24, 2.45) is 17.8 Å². The average molecular weight is 418 g/mol. The van der Waals surface area contributed by atoms with Crippen molar-refractivity contribution >= 4 is 11.8 Å². The van der Waals surface area contributed by atoms with Crippen molar-refractivity contribution in [3.05, 3.63) is 35.6 Å². The molecule has 30 heavy (non-hydrogen) atoms. The molecule has 0 aromatic heterocycles. The summed E-state index contributed by atoms with van der Waals surface area (Å²) in [5.74, 6) is 0.965. The third kappa shape index (κ3) is 5.60. The molecular weight excluding hydrogens is 381 g/mol. The van der Waals surface area contributed by atoms with Crippen molar-refractivity contribution in [2.75, 3.05) is 32.7 Å². The van der Waals surface area contributed by atoms with Crippen molar-refractivity contribution < 1.29 is 14.0 Å². The van der Waals surface area contributed by atoms with E-state index in [0.29, 0.717) is 49.9 Å². The number of amides is 2. The van der Waals surface area contributed by atoms with Gasteiger partial charge in [0.25, 0.3) is 5.91 Å². The number of hydrogen-bond acceptors (Lipinski definition) is 3. The van der Waals surface area contributed by atoms with Crippen LogP contribution in [0.3, 0.4) is 0 Å². The zero-order chi connectivity index (χ0) is 21.9. The molecule has 2 saturated heterocycles. The maximum atomic E-state index is 13.1. The second-order valence-electron chi connectivity index (χ2n) is 9.95. The van der Waals surface area contributed by atoms with E-state index in [1.165, 1.54) is 30.7 Å². The van der Waals surface area contributed by atoms with Gasteiger partial charge in [0.1, 0.15) is 5.82 Å². The van der Waals surface area contributed by atoms with Crippen LogP contribution in [-0.4, -0.2) is 59.9 Å². The van der Waals surface area contributed by atoms with E-state index in [0.717, 1.165) is 13.1 Å². The first-order chi connectivity index (χ1) is 14.2. The maximum Gasteiger partial charge on any atom is 0.253 e. The molecule has 2 aliphatic heterocycles. The van der Waals surface area contributed by atoms with Gasteiger partial charge in [-0.05, 0) is 69.2 Å². The van der Waals surface area contributed by atoms with Gasteiger partial charge in [-0.3, -0.25) is 14.5 Å². The topological polar surface area (TPSA) is 52.7 Å². The molecule has 6 heteroatoms. The molecule has 1 aromatic rings. The molecular formula is C24H36FN3O2. The molecule has 2 heterocycles. The first-order valence-corrected chi connectivity index (χ1v) is 11.2. The highest BCUT2D eigenvalue weighted by atomic mass is 19.1. The first kappa shape index (κ1) is 22.7. The summed E-state index contributed by atoms with van der Waals surface area (Å²) in [4.78, 5) is 29.6. The fourth-order valence-corrected chi connectivity index (χ4v) is 4.84. The monoisotopic (exact) mass is 417 g/mol. The van der Waals surface area contributed by atoms with E-state index < -0.39 is 0 Å². The Morgan fingerprint density at radius 3 is 2.20 bits per heavy atom. The predicted molar refractivity (Wildman–Crippen MR) is 117 cm³/mol. The smallest absolute Gasteiger partial charge is 0.253 e. The summed E-state index contributed by atoms with van der Waals surface area (Å²) in [7, 11) is 0. The van der Waals surface area contributed by atoms with Crippen LogP contribution < -0.4 is 5.32 Å². The summed E-state index contributed by atoms with van der Waals surface area (Å²) < 4.78 is 13.1. The molecule has 5 nitrogen and oxygen atoms in total. The van der Waals surface area contributed by atoms with E-state index >= 15 is 0 Å². The quantitative estimate of drug-likeness (QED) is 0.797. The van der Waals surface area contributed by atoms with Crippen LogP contribution in [0.5, 0.6) is 0 Å². The Balaban J connectivity index is 1.47. The van der Waals surface area contributed by atoms with Crippen molar-refractivity contribution in [1.82, 2.24) is 15.1 Å². The number of carbonyl (C=O) groups excluding carboxylic acids is 2. The summed E-state index contributed by atoms with van der Waals surface area (Å²) in [6.07, 6.45) is 2.60. The molecule has 0 saturated carbocycles. The van der Waals surface area contributed by atoms with Crippen LogP contribution in [0.25, 0.3) is 0 Å². The minimum absolute atomic E-state index is 0.0581. The Morgan fingerprint density at radius 2 is 1.63 bits per heavy atom. The van der Waals surface area contributed by atoms with E-state index in [1.54, 1.807) is 4.90 Å². The van der Waals surface area contributed by atoms with Crippen LogP contribution in [0.4, 0.5) is 4.39 Å². The summed E-state index contributed by atoms with van der Waals surface area (Å²) in [5.41, 5.74) is 0.420. The highest BCUT2D eigenvalue weighted by molar-refractivity contribution is 5.94. The van der Waals surface area contributed by atoms with Gasteiger partial charge in [0.15, 0.2) is 0 Å². The van der Waals surface area contributed by atoms with Crippen LogP contribution in [0.15, 0.2) is 24.3 Å². The van der Waals surface area contributed by atoms with Gasteiger partial charge in [-0.2, -0.15) is 0 Å². The largest absolute Gasteiger partial charge is 0.354 e. The maximum absolute atomic E-state index is 13.1. The van der Waals surface area contributed by atoms with E-state index in [4.69, 9.17) is 0 Å². The number of piperidine rings is 2. The zero-order valence-corrected chi connectivity index (χ0v) is 18.8. The lowest BCUT2D eigenvalue weighted by Crippen LogP contribution is -2.56. The van der Waals surface area contributed by atoms with Gasteiger partial charge in [0.2, 0.25) is 5.91 Å². The third-order valence-corrected chi connectivity index (χ3v) is 6.66. The molecule has 0 bridgehead atoms. The first-order valence-electron chi connectivity index (χ1n) is 11.2. The Morgan fingerprint density at radius 1 is 1.07 bits per heavy atom. The van der Waals surface area contributed by atoms with Crippen LogP contribution in [0, 0.1) is 23.6 Å². The fraction of sp³-hybridized carbons (Fsp3) is 0.667. The van der Waals surface area contributed by atoms with Gasteiger partial charge in [-0.15, -0.1) is 0 Å². The SMILES string of the molecule is CC1CC(C)CN(C(C)(C)CNC(=O)C2CCN(C(=O)c3ccc(F)cc3)CC2)C1. The number of benzene rings is 1. The number of hydrogen-bond donors (Lipinski definition) is 1. The summed E-state index contributed by atoms with van der Waals surface area (Å²) >= 11 is 0. The van der Waals surface area contributed by atoms with Gasteiger partial charge in [-0.1, -0.05) is 13.8 Å². The fourth-order valence-electron chi connectivity index (χ4n) is 4.84. The van der Waals surface area contributed by atoms with E-state index in [9.17, 15) is 14.0 Å². The zero-order valence-electron chi connectivity index (χ0n) is 18.8. The minimum Gasteiger partial charge on any atom is -0.354 e. The molecule has 2 atom stereocenters. The van der Waals surface area contributed by atoms with Crippen molar-refractivity contribution in [1.29, 1.82) is 0 Å². The lowest BCUT2D eigenvalue weighted by atomic mass is 9.87. The average Bonchev–Trinajstić information content (AvgIpc) is 2.71. The van der Waals surface area contributed by atoms with Crippen molar-refractivity contribution in [2.45, 2.75) is 52.5 Å². The Hall–Kier alpha value is -1.95. The lowest BCUT2D eigenvalue weighted by Gasteiger charge is -2.45. The standard InChI is InChI=1S/C24H36FN3O2/c1-17-13-18(2)15-28(14-17)24(3,4)16-26-22(29)19-9-11-27(12-10-19)23(30)20-5-7-21(25)8-6-20/h5-8,17-19H,9-16H2,1-4H3,(H,26,29). The molecule has 2 fully saturated rings. The number of likely N-dealkylation sites (tertiary alicyclic amines) is 2. The highest BCUT2D eigenvalue weighted by Crippen LogP contribution is 2.27. The van der Waals surface area contributed by atoms with E-state index in [-0.39, 0.29) is 29.1 Å². The number of nitrogens with one attached hydrogen (secondary N) is 1. The Labute approximate surface area is 180 Å². The number of carbonyl (C=O) groups is 2. The molecule has 0 radical (unpaired) electrons. The van der Waals surface area contributed by atoms with E-state index in [1.807, 2.05) is 0 Å². The molecule has 0 aliphatic carbocycles. The summed E-state index contributed by atoms with van der Waals surface area (Å²) in [6.45, 7) is 12.9. The van der Waals surface area contributed by atoms with Crippen molar-refractivity contribution in [3.8, 4) is 0 Å². The minimum atomic E-state index is -0.349. The molecule has 1 aromatic carbocycles. The number of nitrogens with zero attached hydrogens (tertiary/aromatic N) is 2. The molecule has 1 N–H and O–H groups in total. The van der Waals surface area contributed by atoms with Gasteiger partial charge in [-0.25, -0.2) is 4.39 Å². The molecule has 0 spiro atoms. The van der Waals surface area contributed by atoms with Gasteiger partial charge in [0.05, 0.1) is 0 Å². The highest BCUT2D eigenvalue weighted by Gasteiger charge is 2.34. The van der Waals surface area contributed by atoms with Crippen LogP contribution in [0.2, 0.25) is 0 Å². The normalized spacial score (nSPS) is 24.0. The Kier molecular flexibility index (Phi) is 7.17. The summed E-state index contributed by atoms with van der Waals surface area (Å²) in [5, 5.41) is 3.18. The van der Waals surface area contributed by atoms with Gasteiger partial charge >= 0.3 is 0 Å². The van der Waals surface area contributed by atoms with Crippen molar-refractivity contribution in [3.63, 3.8) is 0 Å². The molecule has 2 amide bonds. The number of rotatable bonds is 5. The van der Waals surface area contributed by atoms with E-state index in [2.05, 4.69) is 37.9 Å². The molecule has 2 unspecified atom stereocenters. The van der Waals surface area contributed by atoms with Gasteiger partial charge in [0, 0.05) is 49.7 Å². The predicted octanol–water partition coefficient (Wildman–Crippen LogP) is 3.55. The van der Waals surface area contributed by atoms with Crippen LogP contribution in [-0.2, 0) is 4.79 Å². The Bertz CT molecular complexity index is 731. The third-order valence-electron chi connectivity index (χ3n) is 6.66. The second-order valence-corrected chi connectivity index (χ2v) is 9.95. The second kappa shape index (κ2) is 9.46. The molecule has 166 valence electrons. The summed E-state index contributed by atoms with van der Waals surface area (Å²) in [6, 6.07) is 5.64. The van der Waals surface area contributed by atoms with Crippen LogP contribution in [0.1, 0.15) is 57.3 Å². The molecule has 3 rings (SSSR count). The lowest BCUT2D eigenvalue weighted by molar-refractivity contribution is -0.127. The van der Waals surface area contributed by atoms with Crippen LogP contribution >= 0.6 is 0 Å². The number of halogens is 1. The molecule has 2 aliphatic rings. The van der Waals surface area contributed by atoms with Gasteiger partial charge < -0.3 is 10.2 Å².